The van der Waals surface area contributed by atoms with E-state index in [-0.39, 0.29) is 11.3 Å². The molecule has 206 valence electrons. The van der Waals surface area contributed by atoms with Crippen molar-refractivity contribution in [2.24, 2.45) is 16.0 Å². The first kappa shape index (κ1) is 32.3. The third kappa shape index (κ3) is 11.0. The Bertz CT molecular complexity index is 997. The first-order valence-electron chi connectivity index (χ1n) is 12.8. The summed E-state index contributed by atoms with van der Waals surface area (Å²) in [4.78, 5) is 4.16. The number of aliphatic imine (C=N–C) groups is 1. The molecule has 1 rings (SSSR count). The van der Waals surface area contributed by atoms with E-state index in [0.29, 0.717) is 38.1 Å². The summed E-state index contributed by atoms with van der Waals surface area (Å²) in [7, 11) is 5.15. The van der Waals surface area contributed by atoms with Gasteiger partial charge in [0.05, 0.1) is 32.1 Å². The topological polar surface area (TPSA) is 79.5 Å². The molecule has 0 radical (unpaired) electrons. The number of methoxy groups -OCH3 is 2. The molecule has 1 aromatic carbocycles. The normalized spacial score (nSPS) is 13.2. The maximum atomic E-state index is 8.34. The molecule has 0 aromatic heterocycles. The summed E-state index contributed by atoms with van der Waals surface area (Å²) in [6.45, 7) is 20.8. The molecule has 0 heterocycles. The molecule has 0 atom stereocenters. The van der Waals surface area contributed by atoms with E-state index in [9.17, 15) is 0 Å². The van der Waals surface area contributed by atoms with Gasteiger partial charge in [-0.1, -0.05) is 45.5 Å². The van der Waals surface area contributed by atoms with Crippen molar-refractivity contribution >= 4 is 23.0 Å². The minimum Gasteiger partial charge on any atom is -0.478 e. The van der Waals surface area contributed by atoms with Crippen LogP contribution in [0.2, 0.25) is 0 Å². The van der Waals surface area contributed by atoms with Gasteiger partial charge in [-0.15, -0.1) is 0 Å². The second-order valence-corrected chi connectivity index (χ2v) is 10.4. The number of hydrazone groups is 1. The number of nitrogens with one attached hydrogen (secondary N) is 1. The molecule has 37 heavy (non-hydrogen) atoms. The van der Waals surface area contributed by atoms with Gasteiger partial charge in [-0.25, -0.2) is 5.01 Å². The average molecular weight is 513 g/mol. The quantitative estimate of drug-likeness (QED) is 0.196. The fourth-order valence-electron chi connectivity index (χ4n) is 3.79. The minimum atomic E-state index is -0.0179. The van der Waals surface area contributed by atoms with Gasteiger partial charge in [-0.3, -0.25) is 10.4 Å². The van der Waals surface area contributed by atoms with Crippen LogP contribution in [0.15, 0.2) is 46.5 Å². The van der Waals surface area contributed by atoms with E-state index in [1.54, 1.807) is 33.2 Å². The summed E-state index contributed by atoms with van der Waals surface area (Å²) in [6, 6.07) is 6.68. The zero-order valence-electron chi connectivity index (χ0n) is 24.7. The predicted octanol–water partition coefficient (Wildman–Crippen LogP) is 6.13. The number of benzene rings is 1. The summed E-state index contributed by atoms with van der Waals surface area (Å²) < 4.78 is 16.4. The minimum absolute atomic E-state index is 0.0179. The van der Waals surface area contributed by atoms with Crippen molar-refractivity contribution in [2.75, 3.05) is 47.6 Å². The molecule has 0 aliphatic carbocycles. The Morgan fingerprint density at radius 2 is 1.73 bits per heavy atom. The number of amidine groups is 1. The zero-order chi connectivity index (χ0) is 28.2. The summed E-state index contributed by atoms with van der Waals surface area (Å²) >= 11 is 0. The lowest BCUT2D eigenvalue weighted by Gasteiger charge is -2.25. The van der Waals surface area contributed by atoms with E-state index in [1.165, 1.54) is 11.1 Å². The molecule has 0 aliphatic rings. The van der Waals surface area contributed by atoms with Gasteiger partial charge in [0, 0.05) is 33.3 Å². The molecule has 0 unspecified atom stereocenters. The molecule has 0 amide bonds. The van der Waals surface area contributed by atoms with Crippen LogP contribution in [0.5, 0.6) is 0 Å². The smallest absolute Gasteiger partial charge is 0.208 e. The highest BCUT2D eigenvalue weighted by Gasteiger charge is 2.19. The molecule has 0 aliphatic heterocycles. The van der Waals surface area contributed by atoms with Gasteiger partial charge in [0.2, 0.25) is 5.90 Å². The van der Waals surface area contributed by atoms with Crippen molar-refractivity contribution in [3.05, 3.63) is 53.1 Å². The highest BCUT2D eigenvalue weighted by Crippen LogP contribution is 2.28. The van der Waals surface area contributed by atoms with Gasteiger partial charge in [0.15, 0.2) is 0 Å². The Labute approximate surface area is 224 Å². The lowest BCUT2D eigenvalue weighted by molar-refractivity contribution is 0.0848. The number of rotatable bonds is 13. The highest BCUT2D eigenvalue weighted by atomic mass is 16.5. The number of hydrogen-bond acceptors (Lipinski definition) is 6. The molecule has 7 heteroatoms. The van der Waals surface area contributed by atoms with Crippen molar-refractivity contribution < 1.29 is 14.2 Å². The number of ether oxygens (including phenoxy) is 3. The summed E-state index contributed by atoms with van der Waals surface area (Å²) in [5, 5.41) is 14.7. The number of allylic oxidation sites excluding steroid dienone is 1. The Morgan fingerprint density at radius 3 is 2.22 bits per heavy atom. The molecule has 0 bridgehead atoms. The van der Waals surface area contributed by atoms with Crippen molar-refractivity contribution in [3.63, 3.8) is 0 Å². The fraction of sp³-hybridized carbons (Fsp3) is 0.567. The van der Waals surface area contributed by atoms with E-state index >= 15 is 0 Å². The van der Waals surface area contributed by atoms with E-state index < -0.39 is 0 Å². The monoisotopic (exact) mass is 512 g/mol. The second kappa shape index (κ2) is 15.5. The molecule has 0 saturated carbocycles. The summed E-state index contributed by atoms with van der Waals surface area (Å²) in [6.07, 6.45) is 2.71. The van der Waals surface area contributed by atoms with Crippen LogP contribution >= 0.6 is 0 Å². The van der Waals surface area contributed by atoms with E-state index in [4.69, 9.17) is 24.7 Å². The van der Waals surface area contributed by atoms with Crippen LogP contribution in [-0.4, -0.2) is 70.1 Å². The number of hydrogen-bond donors (Lipinski definition) is 1. The molecular weight excluding hydrogens is 464 g/mol. The molecular formula is C30H48N4O3. The van der Waals surface area contributed by atoms with Crippen LogP contribution in [0.4, 0.5) is 0 Å². The lowest BCUT2D eigenvalue weighted by Crippen LogP contribution is -2.26. The van der Waals surface area contributed by atoms with Crippen LogP contribution in [0.1, 0.15) is 65.2 Å². The van der Waals surface area contributed by atoms with Crippen molar-refractivity contribution in [2.45, 2.75) is 60.3 Å². The van der Waals surface area contributed by atoms with E-state index in [0.717, 1.165) is 28.8 Å². The molecule has 0 saturated heterocycles. The maximum Gasteiger partial charge on any atom is 0.208 e. The molecule has 0 fully saturated rings. The van der Waals surface area contributed by atoms with E-state index in [2.05, 4.69) is 50.5 Å². The van der Waals surface area contributed by atoms with Crippen LogP contribution in [-0.2, 0) is 26.0 Å². The van der Waals surface area contributed by atoms with Gasteiger partial charge in [-0.05, 0) is 67.4 Å². The Balaban J connectivity index is 3.31. The molecule has 1 aromatic rings. The van der Waals surface area contributed by atoms with Gasteiger partial charge >= 0.3 is 0 Å². The SMILES string of the molecule is C=C(CN(/N=C(C)/C(C)=C\C(=NC)OCC)C(C)=N)c1cc(CC(COC)COC)cc(C(C)(C)C)c1. The number of nitrogens with zero attached hydrogens (tertiary/aromatic N) is 3. The van der Waals surface area contributed by atoms with Crippen molar-refractivity contribution in [3.8, 4) is 0 Å². The third-order valence-corrected chi connectivity index (χ3v) is 6.02. The van der Waals surface area contributed by atoms with Crippen LogP contribution < -0.4 is 0 Å². The standard InChI is InChI=1S/C30H48N4O3/c1-12-37-29(32-9)13-21(2)23(4)33-34(24(5)31)18-22(3)27-15-25(14-26(19-35-10)20-36-11)16-28(17-27)30(6,7)8/h13,15-17,26,31H,3,12,14,18-20H2,1-2,4-11H3/b21-13-,31-24?,32-29?,33-23+. The molecule has 0 spiro atoms. The second-order valence-electron chi connectivity index (χ2n) is 10.4. The summed E-state index contributed by atoms with van der Waals surface area (Å²) in [5.41, 5.74) is 6.11. The molecule has 1 N–H and O–H groups in total. The van der Waals surface area contributed by atoms with E-state index in [1.807, 2.05) is 26.8 Å². The predicted molar refractivity (Wildman–Crippen MR) is 157 cm³/mol. The first-order valence-corrected chi connectivity index (χ1v) is 12.8. The van der Waals surface area contributed by atoms with Crippen LogP contribution in [0.25, 0.3) is 5.57 Å². The van der Waals surface area contributed by atoms with Crippen molar-refractivity contribution in [1.29, 1.82) is 5.41 Å². The third-order valence-electron chi connectivity index (χ3n) is 6.02. The molecule has 7 nitrogen and oxygen atoms in total. The van der Waals surface area contributed by atoms with Gasteiger partial charge in [0.25, 0.3) is 0 Å². The first-order chi connectivity index (χ1) is 17.4. The Hall–Kier alpha value is -2.77. The average Bonchev–Trinajstić information content (AvgIpc) is 2.82. The van der Waals surface area contributed by atoms with Crippen LogP contribution in [0.3, 0.4) is 0 Å². The largest absolute Gasteiger partial charge is 0.478 e. The van der Waals surface area contributed by atoms with Crippen molar-refractivity contribution in [1.82, 2.24) is 5.01 Å². The van der Waals surface area contributed by atoms with Gasteiger partial charge in [0.1, 0.15) is 5.84 Å². The zero-order valence-corrected chi connectivity index (χ0v) is 24.7. The maximum absolute atomic E-state index is 8.34. The van der Waals surface area contributed by atoms with Crippen LogP contribution in [0, 0.1) is 11.3 Å². The Kier molecular flexibility index (Phi) is 13.5. The summed E-state index contributed by atoms with van der Waals surface area (Å²) in [5.74, 6) is 1.17. The van der Waals surface area contributed by atoms with Gasteiger partial charge in [-0.2, -0.15) is 5.10 Å². The fourth-order valence-corrected chi connectivity index (χ4v) is 3.79. The highest BCUT2D eigenvalue weighted by molar-refractivity contribution is 6.04. The lowest BCUT2D eigenvalue weighted by atomic mass is 9.83. The van der Waals surface area contributed by atoms with Gasteiger partial charge < -0.3 is 14.2 Å². The Morgan fingerprint density at radius 1 is 1.11 bits per heavy atom.